The van der Waals surface area contributed by atoms with Gasteiger partial charge in [-0.1, -0.05) is 30.3 Å². The molecule has 1 amide bonds. The standard InChI is InChI=1S/C20H18N6O/c1-13-11-14(2)23-20(22-13)26-19(17(12-21)15(3)25-26)24-18(27)10-9-16-7-5-4-6-8-16/h4-11H,1-3H3,(H,24,27)/b10-9+. The van der Waals surface area contributed by atoms with E-state index >= 15 is 0 Å². The Hall–Kier alpha value is -3.79. The third-order valence-electron chi connectivity index (χ3n) is 3.80. The van der Waals surface area contributed by atoms with Crippen molar-refractivity contribution < 1.29 is 4.79 Å². The minimum atomic E-state index is -0.374. The maximum Gasteiger partial charge on any atom is 0.252 e. The molecule has 0 spiro atoms. The summed E-state index contributed by atoms with van der Waals surface area (Å²) in [4.78, 5) is 21.1. The Morgan fingerprint density at radius 3 is 2.44 bits per heavy atom. The molecule has 0 atom stereocenters. The Bertz CT molecular complexity index is 1040. The number of benzene rings is 1. The number of carbonyl (C=O) groups excluding carboxylic acids is 1. The molecule has 0 aliphatic rings. The smallest absolute Gasteiger partial charge is 0.252 e. The second-order valence-electron chi connectivity index (χ2n) is 6.02. The number of nitrogens with zero attached hydrogens (tertiary/aromatic N) is 5. The van der Waals surface area contributed by atoms with Gasteiger partial charge in [0.15, 0.2) is 5.82 Å². The highest BCUT2D eigenvalue weighted by Gasteiger charge is 2.19. The highest BCUT2D eigenvalue weighted by Crippen LogP contribution is 2.22. The molecule has 0 aliphatic carbocycles. The molecular formula is C20H18N6O. The summed E-state index contributed by atoms with van der Waals surface area (Å²) in [6, 6.07) is 13.4. The lowest BCUT2D eigenvalue weighted by atomic mass is 10.2. The van der Waals surface area contributed by atoms with E-state index in [9.17, 15) is 10.1 Å². The van der Waals surface area contributed by atoms with Gasteiger partial charge in [0.05, 0.1) is 5.69 Å². The summed E-state index contributed by atoms with van der Waals surface area (Å²) < 4.78 is 1.39. The quantitative estimate of drug-likeness (QED) is 0.723. The van der Waals surface area contributed by atoms with Crippen molar-refractivity contribution in [3.05, 3.63) is 70.7 Å². The van der Waals surface area contributed by atoms with Gasteiger partial charge in [-0.25, -0.2) is 9.97 Å². The first-order chi connectivity index (χ1) is 13.0. The lowest BCUT2D eigenvalue weighted by molar-refractivity contribution is -0.111. The molecule has 0 unspecified atom stereocenters. The van der Waals surface area contributed by atoms with Crippen LogP contribution in [-0.2, 0) is 4.79 Å². The Morgan fingerprint density at radius 2 is 1.81 bits per heavy atom. The Balaban J connectivity index is 1.96. The molecule has 1 N–H and O–H groups in total. The number of aryl methyl sites for hydroxylation is 3. The number of nitriles is 1. The average Bonchev–Trinajstić information content (AvgIpc) is 2.95. The lowest BCUT2D eigenvalue weighted by Crippen LogP contribution is -2.15. The summed E-state index contributed by atoms with van der Waals surface area (Å²) in [7, 11) is 0. The predicted molar refractivity (Wildman–Crippen MR) is 102 cm³/mol. The van der Waals surface area contributed by atoms with E-state index in [0.29, 0.717) is 11.6 Å². The number of anilines is 1. The highest BCUT2D eigenvalue weighted by molar-refractivity contribution is 6.02. The van der Waals surface area contributed by atoms with E-state index in [4.69, 9.17) is 0 Å². The maximum absolute atomic E-state index is 12.4. The van der Waals surface area contributed by atoms with Gasteiger partial charge >= 0.3 is 0 Å². The number of carbonyl (C=O) groups is 1. The summed E-state index contributed by atoms with van der Waals surface area (Å²) in [6.07, 6.45) is 3.10. The van der Waals surface area contributed by atoms with Gasteiger partial charge in [-0.2, -0.15) is 15.0 Å². The van der Waals surface area contributed by atoms with Crippen molar-refractivity contribution in [1.29, 1.82) is 5.26 Å². The zero-order valence-corrected chi connectivity index (χ0v) is 15.3. The van der Waals surface area contributed by atoms with E-state index in [1.54, 1.807) is 13.0 Å². The molecule has 1 aromatic carbocycles. The molecular weight excluding hydrogens is 340 g/mol. The van der Waals surface area contributed by atoms with E-state index in [2.05, 4.69) is 26.5 Å². The Labute approximate surface area is 157 Å². The summed E-state index contributed by atoms with van der Waals surface area (Å²) in [5.41, 5.74) is 3.20. The number of nitrogens with one attached hydrogen (secondary N) is 1. The monoisotopic (exact) mass is 358 g/mol. The number of amides is 1. The summed E-state index contributed by atoms with van der Waals surface area (Å²) >= 11 is 0. The van der Waals surface area contributed by atoms with Gasteiger partial charge < -0.3 is 5.32 Å². The van der Waals surface area contributed by atoms with E-state index in [1.165, 1.54) is 10.8 Å². The van der Waals surface area contributed by atoms with Gasteiger partial charge in [-0.05, 0) is 38.5 Å². The average molecular weight is 358 g/mol. The van der Waals surface area contributed by atoms with Gasteiger partial charge in [0, 0.05) is 17.5 Å². The summed E-state index contributed by atoms with van der Waals surface area (Å²) in [5, 5.41) is 16.5. The molecule has 0 aliphatic heterocycles. The van der Waals surface area contributed by atoms with Crippen LogP contribution in [0.4, 0.5) is 5.82 Å². The molecule has 2 aromatic heterocycles. The van der Waals surface area contributed by atoms with E-state index in [0.717, 1.165) is 17.0 Å². The molecule has 7 nitrogen and oxygen atoms in total. The lowest BCUT2D eigenvalue weighted by Gasteiger charge is -2.08. The molecule has 0 bridgehead atoms. The summed E-state index contributed by atoms with van der Waals surface area (Å²) in [6.45, 7) is 5.40. The third-order valence-corrected chi connectivity index (χ3v) is 3.80. The first kappa shape index (κ1) is 18.0. The van der Waals surface area contributed by atoms with Gasteiger partial charge in [-0.3, -0.25) is 4.79 Å². The van der Waals surface area contributed by atoms with Crippen molar-refractivity contribution in [1.82, 2.24) is 19.7 Å². The number of hydrogen-bond donors (Lipinski definition) is 1. The van der Waals surface area contributed by atoms with Gasteiger partial charge in [0.25, 0.3) is 5.95 Å². The predicted octanol–water partition coefficient (Wildman–Crippen LogP) is 3.11. The van der Waals surface area contributed by atoms with Crippen LogP contribution in [0, 0.1) is 32.1 Å². The van der Waals surface area contributed by atoms with Crippen LogP contribution in [0.25, 0.3) is 12.0 Å². The highest BCUT2D eigenvalue weighted by atomic mass is 16.1. The van der Waals surface area contributed by atoms with Crippen molar-refractivity contribution in [2.24, 2.45) is 0 Å². The number of rotatable bonds is 4. The molecule has 0 saturated carbocycles. The van der Waals surface area contributed by atoms with Crippen LogP contribution >= 0.6 is 0 Å². The normalized spacial score (nSPS) is 10.7. The van der Waals surface area contributed by atoms with E-state index < -0.39 is 0 Å². The van der Waals surface area contributed by atoms with Gasteiger partial charge in [-0.15, -0.1) is 0 Å². The minimum Gasteiger partial charge on any atom is -0.306 e. The van der Waals surface area contributed by atoms with Crippen molar-refractivity contribution >= 4 is 17.8 Å². The second kappa shape index (κ2) is 7.62. The molecule has 0 saturated heterocycles. The largest absolute Gasteiger partial charge is 0.306 e. The number of hydrogen-bond acceptors (Lipinski definition) is 5. The van der Waals surface area contributed by atoms with Crippen LogP contribution in [0.15, 0.2) is 42.5 Å². The van der Waals surface area contributed by atoms with Crippen LogP contribution in [0.3, 0.4) is 0 Å². The second-order valence-corrected chi connectivity index (χ2v) is 6.02. The van der Waals surface area contributed by atoms with Crippen molar-refractivity contribution in [2.75, 3.05) is 5.32 Å². The summed E-state index contributed by atoms with van der Waals surface area (Å²) in [5.74, 6) is 0.183. The molecule has 3 aromatic rings. The maximum atomic E-state index is 12.4. The van der Waals surface area contributed by atoms with Gasteiger partial charge in [0.1, 0.15) is 11.6 Å². The minimum absolute atomic E-state index is 0.253. The fourth-order valence-corrected chi connectivity index (χ4v) is 2.62. The van der Waals surface area contributed by atoms with E-state index in [1.807, 2.05) is 50.2 Å². The molecule has 2 heterocycles. The topological polar surface area (TPSA) is 96.5 Å². The SMILES string of the molecule is Cc1cc(C)nc(-n2nc(C)c(C#N)c2NC(=O)/C=C/c2ccccc2)n1. The third kappa shape index (κ3) is 4.07. The fraction of sp³-hybridized carbons (Fsp3) is 0.150. The van der Waals surface area contributed by atoms with Crippen molar-refractivity contribution in [3.63, 3.8) is 0 Å². The van der Waals surface area contributed by atoms with Crippen LogP contribution in [0.1, 0.15) is 28.2 Å². The Kier molecular flexibility index (Phi) is 5.08. The molecule has 3 rings (SSSR count). The van der Waals surface area contributed by atoms with Crippen LogP contribution in [-0.4, -0.2) is 25.7 Å². The first-order valence-corrected chi connectivity index (χ1v) is 8.34. The van der Waals surface area contributed by atoms with Crippen molar-refractivity contribution in [2.45, 2.75) is 20.8 Å². The zero-order valence-electron chi connectivity index (χ0n) is 15.3. The molecule has 27 heavy (non-hydrogen) atoms. The van der Waals surface area contributed by atoms with E-state index in [-0.39, 0.29) is 17.3 Å². The molecule has 0 radical (unpaired) electrons. The van der Waals surface area contributed by atoms with Crippen molar-refractivity contribution in [3.8, 4) is 12.0 Å². The first-order valence-electron chi connectivity index (χ1n) is 8.34. The fourth-order valence-electron chi connectivity index (χ4n) is 2.62. The molecule has 0 fully saturated rings. The number of aromatic nitrogens is 4. The van der Waals surface area contributed by atoms with Crippen LogP contribution in [0.5, 0.6) is 0 Å². The van der Waals surface area contributed by atoms with Gasteiger partial charge in [0.2, 0.25) is 5.91 Å². The van der Waals surface area contributed by atoms with Crippen LogP contribution in [0.2, 0.25) is 0 Å². The molecule has 134 valence electrons. The molecule has 7 heteroatoms. The Morgan fingerprint density at radius 1 is 1.15 bits per heavy atom. The zero-order chi connectivity index (χ0) is 19.4. The van der Waals surface area contributed by atoms with Crippen LogP contribution < -0.4 is 5.32 Å².